The highest BCUT2D eigenvalue weighted by Gasteiger charge is 1.92. The van der Waals surface area contributed by atoms with Crippen LogP contribution in [-0.4, -0.2) is 21.1 Å². The second-order valence-electron chi connectivity index (χ2n) is 3.30. The van der Waals surface area contributed by atoms with Crippen LogP contribution in [0.4, 0.5) is 5.82 Å². The first-order chi connectivity index (χ1) is 7.45. The predicted molar refractivity (Wildman–Crippen MR) is 59.6 cm³/mol. The van der Waals surface area contributed by atoms with Crippen molar-refractivity contribution in [3.8, 4) is 0 Å². The van der Waals surface area contributed by atoms with Crippen LogP contribution in [0.5, 0.6) is 0 Å². The molecule has 2 rings (SSSR count). The SMILES string of the molecule is c1ccc(NCCCn2ccnc2)nc1. The lowest BCUT2D eigenvalue weighted by Crippen LogP contribution is -2.06. The van der Waals surface area contributed by atoms with Crippen molar-refractivity contribution in [2.75, 3.05) is 11.9 Å². The van der Waals surface area contributed by atoms with Gasteiger partial charge < -0.3 is 9.88 Å². The molecule has 0 saturated heterocycles. The van der Waals surface area contributed by atoms with Crippen LogP contribution in [0, 0.1) is 0 Å². The normalized spacial score (nSPS) is 10.1. The van der Waals surface area contributed by atoms with E-state index in [1.807, 2.05) is 30.7 Å². The topological polar surface area (TPSA) is 42.7 Å². The summed E-state index contributed by atoms with van der Waals surface area (Å²) in [5.41, 5.74) is 0. The zero-order valence-electron chi connectivity index (χ0n) is 8.50. The van der Waals surface area contributed by atoms with E-state index in [-0.39, 0.29) is 0 Å². The van der Waals surface area contributed by atoms with Gasteiger partial charge in [0.2, 0.25) is 0 Å². The van der Waals surface area contributed by atoms with Crippen LogP contribution in [0.25, 0.3) is 0 Å². The van der Waals surface area contributed by atoms with Gasteiger partial charge in [0.15, 0.2) is 0 Å². The van der Waals surface area contributed by atoms with Gasteiger partial charge in [0.05, 0.1) is 6.33 Å². The number of hydrogen-bond donors (Lipinski definition) is 1. The Bertz CT molecular complexity index is 369. The van der Waals surface area contributed by atoms with Crippen molar-refractivity contribution in [2.45, 2.75) is 13.0 Å². The summed E-state index contributed by atoms with van der Waals surface area (Å²) in [6, 6.07) is 5.86. The molecule has 2 heterocycles. The molecule has 0 atom stereocenters. The maximum atomic E-state index is 4.18. The first-order valence-electron chi connectivity index (χ1n) is 5.06. The molecule has 0 saturated carbocycles. The van der Waals surface area contributed by atoms with Crippen molar-refractivity contribution < 1.29 is 0 Å². The van der Waals surface area contributed by atoms with Crippen molar-refractivity contribution in [2.24, 2.45) is 0 Å². The lowest BCUT2D eigenvalue weighted by atomic mass is 10.4. The molecule has 0 aliphatic rings. The van der Waals surface area contributed by atoms with E-state index in [1.165, 1.54) is 0 Å². The van der Waals surface area contributed by atoms with E-state index in [0.717, 1.165) is 25.3 Å². The minimum Gasteiger partial charge on any atom is -0.370 e. The van der Waals surface area contributed by atoms with Gasteiger partial charge in [-0.2, -0.15) is 0 Å². The van der Waals surface area contributed by atoms with Gasteiger partial charge in [-0.1, -0.05) is 6.07 Å². The number of pyridine rings is 1. The number of nitrogens with zero attached hydrogens (tertiary/aromatic N) is 3. The standard InChI is InChI=1S/C11H14N4/c1-2-5-13-11(4-1)14-6-3-8-15-9-7-12-10-15/h1-2,4-5,7,9-10H,3,6,8H2,(H,13,14). The molecule has 2 aromatic heterocycles. The third-order valence-electron chi connectivity index (χ3n) is 2.12. The highest BCUT2D eigenvalue weighted by molar-refractivity contribution is 5.32. The maximum Gasteiger partial charge on any atom is 0.125 e. The molecule has 0 radical (unpaired) electrons. The second kappa shape index (κ2) is 5.14. The fourth-order valence-corrected chi connectivity index (χ4v) is 1.36. The quantitative estimate of drug-likeness (QED) is 0.751. The largest absolute Gasteiger partial charge is 0.370 e. The first-order valence-corrected chi connectivity index (χ1v) is 5.06. The van der Waals surface area contributed by atoms with E-state index in [0.29, 0.717) is 0 Å². The van der Waals surface area contributed by atoms with Crippen LogP contribution in [-0.2, 0) is 6.54 Å². The summed E-state index contributed by atoms with van der Waals surface area (Å²) in [4.78, 5) is 8.17. The van der Waals surface area contributed by atoms with Gasteiger partial charge in [-0.05, 0) is 18.6 Å². The average Bonchev–Trinajstić information content (AvgIpc) is 2.79. The van der Waals surface area contributed by atoms with Gasteiger partial charge in [-0.3, -0.25) is 0 Å². The number of aryl methyl sites for hydroxylation is 1. The summed E-state index contributed by atoms with van der Waals surface area (Å²) < 4.78 is 2.07. The summed E-state index contributed by atoms with van der Waals surface area (Å²) in [5.74, 6) is 0.933. The number of nitrogens with one attached hydrogen (secondary N) is 1. The Labute approximate surface area is 89.0 Å². The fraction of sp³-hybridized carbons (Fsp3) is 0.273. The highest BCUT2D eigenvalue weighted by atomic mass is 15.0. The summed E-state index contributed by atoms with van der Waals surface area (Å²) in [5, 5.41) is 3.26. The molecule has 0 fully saturated rings. The number of anilines is 1. The minimum atomic E-state index is 0.926. The van der Waals surface area contributed by atoms with Crippen LogP contribution < -0.4 is 5.32 Å². The fourth-order valence-electron chi connectivity index (χ4n) is 1.36. The molecule has 0 aliphatic carbocycles. The van der Waals surface area contributed by atoms with E-state index < -0.39 is 0 Å². The van der Waals surface area contributed by atoms with E-state index in [1.54, 1.807) is 12.4 Å². The summed E-state index contributed by atoms with van der Waals surface area (Å²) in [6.45, 7) is 1.91. The van der Waals surface area contributed by atoms with Gasteiger partial charge in [0.25, 0.3) is 0 Å². The van der Waals surface area contributed by atoms with Crippen LogP contribution in [0.2, 0.25) is 0 Å². The third-order valence-corrected chi connectivity index (χ3v) is 2.12. The average molecular weight is 202 g/mol. The van der Waals surface area contributed by atoms with E-state index in [4.69, 9.17) is 0 Å². The molecule has 4 heteroatoms. The maximum absolute atomic E-state index is 4.18. The van der Waals surface area contributed by atoms with Gasteiger partial charge in [-0.25, -0.2) is 9.97 Å². The van der Waals surface area contributed by atoms with Crippen molar-refractivity contribution in [3.05, 3.63) is 43.1 Å². The molecule has 0 unspecified atom stereocenters. The van der Waals surface area contributed by atoms with Gasteiger partial charge >= 0.3 is 0 Å². The van der Waals surface area contributed by atoms with Crippen LogP contribution in [0.3, 0.4) is 0 Å². The van der Waals surface area contributed by atoms with Gasteiger partial charge in [0.1, 0.15) is 5.82 Å². The highest BCUT2D eigenvalue weighted by Crippen LogP contribution is 1.99. The second-order valence-corrected chi connectivity index (χ2v) is 3.30. The van der Waals surface area contributed by atoms with Crippen molar-refractivity contribution in [3.63, 3.8) is 0 Å². The summed E-state index contributed by atoms with van der Waals surface area (Å²) in [6.07, 6.45) is 8.46. The Hall–Kier alpha value is -1.84. The monoisotopic (exact) mass is 202 g/mol. The predicted octanol–water partition coefficient (Wildman–Crippen LogP) is 1.78. The number of aromatic nitrogens is 3. The number of hydrogen-bond acceptors (Lipinski definition) is 3. The van der Waals surface area contributed by atoms with Crippen LogP contribution >= 0.6 is 0 Å². The number of rotatable bonds is 5. The van der Waals surface area contributed by atoms with E-state index >= 15 is 0 Å². The Balaban J connectivity index is 1.68. The summed E-state index contributed by atoms with van der Waals surface area (Å²) >= 11 is 0. The third kappa shape index (κ3) is 3.09. The minimum absolute atomic E-state index is 0.926. The Morgan fingerprint density at radius 2 is 2.27 bits per heavy atom. The summed E-state index contributed by atoms with van der Waals surface area (Å²) in [7, 11) is 0. The molecule has 15 heavy (non-hydrogen) atoms. The molecule has 0 bridgehead atoms. The van der Waals surface area contributed by atoms with Gasteiger partial charge in [-0.15, -0.1) is 0 Å². The molecule has 4 nitrogen and oxygen atoms in total. The van der Waals surface area contributed by atoms with Crippen molar-refractivity contribution >= 4 is 5.82 Å². The zero-order valence-corrected chi connectivity index (χ0v) is 8.50. The molecule has 1 N–H and O–H groups in total. The van der Waals surface area contributed by atoms with Crippen molar-refractivity contribution in [1.82, 2.24) is 14.5 Å². The molecule has 0 amide bonds. The van der Waals surface area contributed by atoms with Crippen LogP contribution in [0.15, 0.2) is 43.1 Å². The lowest BCUT2D eigenvalue weighted by Gasteiger charge is -2.05. The lowest BCUT2D eigenvalue weighted by molar-refractivity contribution is 0.660. The smallest absolute Gasteiger partial charge is 0.125 e. The molecular weight excluding hydrogens is 188 g/mol. The van der Waals surface area contributed by atoms with E-state index in [2.05, 4.69) is 19.9 Å². The molecule has 0 aliphatic heterocycles. The Morgan fingerprint density at radius 3 is 3.00 bits per heavy atom. The van der Waals surface area contributed by atoms with E-state index in [9.17, 15) is 0 Å². The van der Waals surface area contributed by atoms with Crippen molar-refractivity contribution in [1.29, 1.82) is 0 Å². The first kappa shape index (κ1) is 9.71. The molecular formula is C11H14N4. The zero-order chi connectivity index (χ0) is 10.3. The van der Waals surface area contributed by atoms with Crippen LogP contribution in [0.1, 0.15) is 6.42 Å². The molecule has 0 aromatic carbocycles. The molecule has 2 aromatic rings. The molecule has 78 valence electrons. The number of imidazole rings is 1. The van der Waals surface area contributed by atoms with Gasteiger partial charge in [0, 0.05) is 31.7 Å². The Kier molecular flexibility index (Phi) is 3.33. The Morgan fingerprint density at radius 1 is 1.27 bits per heavy atom. The molecule has 0 spiro atoms.